The number of imide groups is 1. The van der Waals surface area contributed by atoms with Crippen LogP contribution in [0.3, 0.4) is 0 Å². The van der Waals surface area contributed by atoms with Crippen LogP contribution in [-0.4, -0.2) is 48.4 Å². The fraction of sp³-hybridized carbons (Fsp3) is 0.769. The number of hydrogen-bond donors (Lipinski definition) is 1. The van der Waals surface area contributed by atoms with Gasteiger partial charge in [-0.15, -0.1) is 0 Å². The lowest BCUT2D eigenvalue weighted by atomic mass is 9.97. The highest BCUT2D eigenvalue weighted by Gasteiger charge is 2.58. The Morgan fingerprint density at radius 3 is 2.47 bits per heavy atom. The van der Waals surface area contributed by atoms with E-state index in [1.165, 1.54) is 12.0 Å². The molecule has 106 valence electrons. The van der Waals surface area contributed by atoms with Crippen molar-refractivity contribution in [1.29, 1.82) is 0 Å². The largest absolute Gasteiger partial charge is 0.468 e. The van der Waals surface area contributed by atoms with Gasteiger partial charge in [-0.25, -0.2) is 0 Å². The van der Waals surface area contributed by atoms with Crippen molar-refractivity contribution in [3.63, 3.8) is 0 Å². The summed E-state index contributed by atoms with van der Waals surface area (Å²) in [7, 11) is 1.33. The SMILES string of the molecule is CCNC(C)(CCN1C(=O)C2CC2C1=O)C(=O)OC. The van der Waals surface area contributed by atoms with Crippen LogP contribution in [0.15, 0.2) is 0 Å². The van der Waals surface area contributed by atoms with E-state index < -0.39 is 5.54 Å². The lowest BCUT2D eigenvalue weighted by molar-refractivity contribution is -0.150. The molecule has 0 radical (unpaired) electrons. The van der Waals surface area contributed by atoms with E-state index in [4.69, 9.17) is 4.74 Å². The number of methoxy groups -OCH3 is 1. The van der Waals surface area contributed by atoms with Crippen LogP contribution in [0.2, 0.25) is 0 Å². The number of likely N-dealkylation sites (N-methyl/N-ethyl adjacent to an activating group) is 1. The maximum atomic E-state index is 11.8. The monoisotopic (exact) mass is 268 g/mol. The number of nitrogens with zero attached hydrogens (tertiary/aromatic N) is 1. The second-order valence-electron chi connectivity index (χ2n) is 5.38. The topological polar surface area (TPSA) is 75.7 Å². The quantitative estimate of drug-likeness (QED) is 0.539. The van der Waals surface area contributed by atoms with Gasteiger partial charge in [0.15, 0.2) is 0 Å². The van der Waals surface area contributed by atoms with Crippen molar-refractivity contribution in [2.45, 2.75) is 32.2 Å². The molecule has 1 aliphatic carbocycles. The summed E-state index contributed by atoms with van der Waals surface area (Å²) in [6.45, 7) is 4.50. The van der Waals surface area contributed by atoms with Crippen molar-refractivity contribution in [3.8, 4) is 0 Å². The molecule has 2 rings (SSSR count). The first-order valence-electron chi connectivity index (χ1n) is 6.63. The van der Waals surface area contributed by atoms with Gasteiger partial charge in [0.2, 0.25) is 11.8 Å². The highest BCUT2D eigenvalue weighted by molar-refractivity contribution is 6.08. The van der Waals surface area contributed by atoms with E-state index in [0.29, 0.717) is 19.4 Å². The van der Waals surface area contributed by atoms with Gasteiger partial charge in [-0.2, -0.15) is 0 Å². The fourth-order valence-corrected chi connectivity index (χ4v) is 2.68. The Labute approximate surface area is 112 Å². The zero-order chi connectivity index (χ0) is 14.2. The highest BCUT2D eigenvalue weighted by atomic mass is 16.5. The third-order valence-corrected chi connectivity index (χ3v) is 4.00. The number of carbonyl (C=O) groups is 3. The predicted octanol–water partition coefficient (Wildman–Crippen LogP) is -0.0774. The number of piperidine rings is 1. The van der Waals surface area contributed by atoms with Crippen molar-refractivity contribution >= 4 is 17.8 Å². The van der Waals surface area contributed by atoms with E-state index in [0.717, 1.165) is 0 Å². The molecule has 6 heteroatoms. The smallest absolute Gasteiger partial charge is 0.325 e. The first-order chi connectivity index (χ1) is 8.94. The Morgan fingerprint density at radius 1 is 1.42 bits per heavy atom. The van der Waals surface area contributed by atoms with Gasteiger partial charge < -0.3 is 10.1 Å². The molecule has 3 atom stereocenters. The van der Waals surface area contributed by atoms with Gasteiger partial charge in [-0.05, 0) is 26.3 Å². The minimum absolute atomic E-state index is 0.0845. The molecule has 0 aromatic carbocycles. The van der Waals surface area contributed by atoms with Crippen molar-refractivity contribution in [3.05, 3.63) is 0 Å². The maximum absolute atomic E-state index is 11.8. The molecule has 0 bridgehead atoms. The summed E-state index contributed by atoms with van der Waals surface area (Å²) in [5.41, 5.74) is -0.864. The van der Waals surface area contributed by atoms with Gasteiger partial charge in [0.25, 0.3) is 0 Å². The number of nitrogens with one attached hydrogen (secondary N) is 1. The summed E-state index contributed by atoms with van der Waals surface area (Å²) in [4.78, 5) is 36.8. The number of carbonyl (C=O) groups excluding carboxylic acids is 3. The molecule has 6 nitrogen and oxygen atoms in total. The van der Waals surface area contributed by atoms with Gasteiger partial charge >= 0.3 is 5.97 Å². The minimum Gasteiger partial charge on any atom is -0.468 e. The first-order valence-corrected chi connectivity index (χ1v) is 6.63. The number of rotatable bonds is 6. The summed E-state index contributed by atoms with van der Waals surface area (Å²) in [5, 5.41) is 3.06. The van der Waals surface area contributed by atoms with Crippen LogP contribution in [0.5, 0.6) is 0 Å². The van der Waals surface area contributed by atoms with E-state index in [1.807, 2.05) is 6.92 Å². The molecular formula is C13H20N2O4. The van der Waals surface area contributed by atoms with Crippen LogP contribution in [0.1, 0.15) is 26.7 Å². The lowest BCUT2D eigenvalue weighted by Crippen LogP contribution is -2.52. The molecule has 0 aromatic rings. The van der Waals surface area contributed by atoms with Crippen molar-refractivity contribution in [1.82, 2.24) is 10.2 Å². The molecule has 1 heterocycles. The summed E-state index contributed by atoms with van der Waals surface area (Å²) in [6.07, 6.45) is 1.07. The van der Waals surface area contributed by atoms with E-state index in [-0.39, 0.29) is 36.2 Å². The normalized spacial score (nSPS) is 28.1. The number of esters is 1. The van der Waals surface area contributed by atoms with Crippen LogP contribution >= 0.6 is 0 Å². The van der Waals surface area contributed by atoms with Crippen molar-refractivity contribution < 1.29 is 19.1 Å². The zero-order valence-corrected chi connectivity index (χ0v) is 11.6. The third kappa shape index (κ3) is 2.36. The molecule has 1 N–H and O–H groups in total. The van der Waals surface area contributed by atoms with Crippen molar-refractivity contribution in [2.75, 3.05) is 20.2 Å². The van der Waals surface area contributed by atoms with Gasteiger partial charge in [-0.3, -0.25) is 19.3 Å². The number of fused-ring (bicyclic) bond motifs is 1. The Hall–Kier alpha value is -1.43. The summed E-state index contributed by atoms with van der Waals surface area (Å²) in [5.74, 6) is -0.719. The van der Waals surface area contributed by atoms with Crippen molar-refractivity contribution in [2.24, 2.45) is 11.8 Å². The average molecular weight is 268 g/mol. The molecule has 1 saturated carbocycles. The van der Waals surface area contributed by atoms with Gasteiger partial charge in [-0.1, -0.05) is 6.92 Å². The van der Waals surface area contributed by atoms with E-state index in [2.05, 4.69) is 5.32 Å². The maximum Gasteiger partial charge on any atom is 0.325 e. The molecule has 0 aromatic heterocycles. The van der Waals surface area contributed by atoms with Crippen LogP contribution < -0.4 is 5.32 Å². The molecule has 1 aliphatic heterocycles. The molecule has 0 spiro atoms. The van der Waals surface area contributed by atoms with E-state index >= 15 is 0 Å². The molecular weight excluding hydrogens is 248 g/mol. The molecule has 2 amide bonds. The first kappa shape index (κ1) is 14.0. The summed E-state index contributed by atoms with van der Waals surface area (Å²) in [6, 6.07) is 0. The Balaban J connectivity index is 1.97. The van der Waals surface area contributed by atoms with Gasteiger partial charge in [0, 0.05) is 6.54 Å². The van der Waals surface area contributed by atoms with Crippen LogP contribution in [0.4, 0.5) is 0 Å². The lowest BCUT2D eigenvalue weighted by Gasteiger charge is -2.29. The predicted molar refractivity (Wildman–Crippen MR) is 67.0 cm³/mol. The minimum atomic E-state index is -0.864. The number of amides is 2. The van der Waals surface area contributed by atoms with Gasteiger partial charge in [0.1, 0.15) is 5.54 Å². The average Bonchev–Trinajstić information content (AvgIpc) is 3.13. The Bertz CT molecular complexity index is 403. The second-order valence-corrected chi connectivity index (χ2v) is 5.38. The molecule has 1 saturated heterocycles. The molecule has 2 fully saturated rings. The molecule has 2 aliphatic rings. The summed E-state index contributed by atoms with van der Waals surface area (Å²) >= 11 is 0. The standard InChI is InChI=1S/C13H20N2O4/c1-4-14-13(2,12(18)19-3)5-6-15-10(16)8-7-9(8)11(15)17/h8-9,14H,4-7H2,1-3H3. The zero-order valence-electron chi connectivity index (χ0n) is 11.6. The molecule has 3 unspecified atom stereocenters. The number of ether oxygens (including phenoxy) is 1. The van der Waals surface area contributed by atoms with Gasteiger partial charge in [0.05, 0.1) is 18.9 Å². The highest BCUT2D eigenvalue weighted by Crippen LogP contribution is 2.47. The second kappa shape index (κ2) is 4.92. The Morgan fingerprint density at radius 2 is 2.00 bits per heavy atom. The number of likely N-dealkylation sites (tertiary alicyclic amines) is 1. The Kier molecular flexibility index (Phi) is 3.62. The third-order valence-electron chi connectivity index (χ3n) is 4.00. The van der Waals surface area contributed by atoms with E-state index in [1.54, 1.807) is 6.92 Å². The fourth-order valence-electron chi connectivity index (χ4n) is 2.68. The molecule has 19 heavy (non-hydrogen) atoms. The van der Waals surface area contributed by atoms with Crippen LogP contribution in [0.25, 0.3) is 0 Å². The van der Waals surface area contributed by atoms with E-state index in [9.17, 15) is 14.4 Å². The van der Waals surface area contributed by atoms with Crippen LogP contribution in [-0.2, 0) is 19.1 Å². The summed E-state index contributed by atoms with van der Waals surface area (Å²) < 4.78 is 4.78. The number of hydrogen-bond acceptors (Lipinski definition) is 5. The van der Waals surface area contributed by atoms with Crippen LogP contribution in [0, 0.1) is 11.8 Å².